The minimum atomic E-state index is -0.911. The summed E-state index contributed by atoms with van der Waals surface area (Å²) in [7, 11) is 0. The highest BCUT2D eigenvalue weighted by Crippen LogP contribution is 2.53. The van der Waals surface area contributed by atoms with Crippen LogP contribution in [0.3, 0.4) is 0 Å². The summed E-state index contributed by atoms with van der Waals surface area (Å²) in [5, 5.41) is 22.1. The Kier molecular flexibility index (Phi) is 13.7. The number of carboxylic acids is 1. The summed E-state index contributed by atoms with van der Waals surface area (Å²) in [5.41, 5.74) is 12.2. The maximum atomic E-state index is 11.5. The fraction of sp³-hybridized carbons (Fsp3) is 0.333. The number of aliphatic carboxylic acids is 1. The first kappa shape index (κ1) is 39.3. The first-order chi connectivity index (χ1) is 24.9. The summed E-state index contributed by atoms with van der Waals surface area (Å²) in [4.78, 5) is 16.2. The quantitative estimate of drug-likeness (QED) is 0.0991. The maximum Gasteiger partial charge on any atom is 0.303 e. The summed E-state index contributed by atoms with van der Waals surface area (Å²) < 4.78 is 0. The van der Waals surface area contributed by atoms with Gasteiger partial charge in [0.05, 0.1) is 23.2 Å². The van der Waals surface area contributed by atoms with Crippen LogP contribution in [0.25, 0.3) is 23.1 Å². The van der Waals surface area contributed by atoms with Gasteiger partial charge in [-0.25, -0.2) is 4.98 Å². The number of benzene rings is 4. The lowest BCUT2D eigenvalue weighted by atomic mass is 9.90. The summed E-state index contributed by atoms with van der Waals surface area (Å²) in [5.74, 6) is 0.122. The minimum absolute atomic E-state index is 0.0814. The molecule has 4 aromatic carbocycles. The molecule has 0 saturated heterocycles. The van der Waals surface area contributed by atoms with Crippen LogP contribution in [-0.2, 0) is 23.2 Å². The highest BCUT2D eigenvalue weighted by molar-refractivity contribution is 7.99. The number of nitrogens with zero attached hydrogens (tertiary/aromatic N) is 1. The van der Waals surface area contributed by atoms with Crippen molar-refractivity contribution < 1.29 is 15.0 Å². The predicted octanol–water partition coefficient (Wildman–Crippen LogP) is 10.9. The van der Waals surface area contributed by atoms with Gasteiger partial charge in [-0.05, 0) is 117 Å². The summed E-state index contributed by atoms with van der Waals surface area (Å²) in [6.07, 6.45) is 10.2. The van der Waals surface area contributed by atoms with Crippen molar-refractivity contribution in [2.75, 3.05) is 5.75 Å². The second-order valence-corrected chi connectivity index (χ2v) is 16.3. The van der Waals surface area contributed by atoms with Gasteiger partial charge < -0.3 is 15.9 Å². The fourth-order valence-corrected chi connectivity index (χ4v) is 8.13. The van der Waals surface area contributed by atoms with E-state index >= 15 is 0 Å². The standard InChI is InChI=1S/C35H36ClNO3S.C10H15N/c1-34(2,40)30-9-4-3-7-25(30)13-17-32(41-23-35(18-19-35)22-33(38)39)27-8-5-6-24(20-27)10-15-29-16-12-26-11-14-28(36)21-31(26)37-29;1-9(11)7-8-10-5-3-2-4-6-10/h3-12,14-16,20-21,32,40H,13,17-19,22-23H2,1-2H3,(H,38,39);2-6,9H,7-8,11H2,1H3/b15-10+;/t32-;/m1./s1. The summed E-state index contributed by atoms with van der Waals surface area (Å²) in [6, 6.07) is 37.2. The average molecular weight is 735 g/mol. The van der Waals surface area contributed by atoms with Crippen molar-refractivity contribution in [3.05, 3.63) is 148 Å². The molecule has 1 aromatic heterocycles. The van der Waals surface area contributed by atoms with E-state index in [9.17, 15) is 15.0 Å². The van der Waals surface area contributed by atoms with Gasteiger partial charge in [-0.3, -0.25) is 4.79 Å². The van der Waals surface area contributed by atoms with Crippen LogP contribution in [0.15, 0.2) is 109 Å². The van der Waals surface area contributed by atoms with Crippen molar-refractivity contribution in [3.8, 4) is 0 Å². The number of aryl methyl sites for hydroxylation is 2. The Bertz CT molecular complexity index is 1950. The van der Waals surface area contributed by atoms with E-state index in [0.29, 0.717) is 11.1 Å². The van der Waals surface area contributed by atoms with Crippen molar-refractivity contribution in [2.45, 2.75) is 82.6 Å². The number of pyridine rings is 1. The number of aliphatic hydroxyl groups is 1. The Morgan fingerprint density at radius 1 is 0.923 bits per heavy atom. The molecule has 5 nitrogen and oxygen atoms in total. The second-order valence-electron chi connectivity index (χ2n) is 14.7. The van der Waals surface area contributed by atoms with Crippen LogP contribution in [0, 0.1) is 5.41 Å². The Labute approximate surface area is 318 Å². The van der Waals surface area contributed by atoms with E-state index in [-0.39, 0.29) is 17.1 Å². The molecule has 1 saturated carbocycles. The largest absolute Gasteiger partial charge is 0.481 e. The van der Waals surface area contributed by atoms with Gasteiger partial charge in [0, 0.05) is 27.5 Å². The number of halogens is 1. The summed E-state index contributed by atoms with van der Waals surface area (Å²) in [6.45, 7) is 5.70. The number of fused-ring (bicyclic) bond motifs is 1. The van der Waals surface area contributed by atoms with Gasteiger partial charge in [0.1, 0.15) is 0 Å². The molecular formula is C45H51ClN2O3S. The monoisotopic (exact) mass is 734 g/mol. The Morgan fingerprint density at radius 2 is 1.65 bits per heavy atom. The normalized spacial score (nSPS) is 14.8. The van der Waals surface area contributed by atoms with Crippen LogP contribution in [0.2, 0.25) is 5.02 Å². The Balaban J connectivity index is 0.000000407. The van der Waals surface area contributed by atoms with E-state index < -0.39 is 11.6 Å². The van der Waals surface area contributed by atoms with Gasteiger partial charge >= 0.3 is 5.97 Å². The molecule has 1 unspecified atom stereocenters. The minimum Gasteiger partial charge on any atom is -0.481 e. The molecule has 272 valence electrons. The van der Waals surface area contributed by atoms with Crippen molar-refractivity contribution in [3.63, 3.8) is 0 Å². The van der Waals surface area contributed by atoms with E-state index in [4.69, 9.17) is 22.3 Å². The smallest absolute Gasteiger partial charge is 0.303 e. The lowest BCUT2D eigenvalue weighted by molar-refractivity contribution is -0.138. The molecule has 1 fully saturated rings. The molecule has 7 heteroatoms. The molecule has 1 heterocycles. The molecule has 0 aliphatic heterocycles. The molecule has 5 aromatic rings. The number of hydrogen-bond donors (Lipinski definition) is 3. The fourth-order valence-electron chi connectivity index (χ4n) is 6.40. The third-order valence-electron chi connectivity index (χ3n) is 9.56. The average Bonchev–Trinajstić information content (AvgIpc) is 3.88. The zero-order valence-electron chi connectivity index (χ0n) is 30.5. The lowest BCUT2D eigenvalue weighted by Crippen LogP contribution is -2.18. The van der Waals surface area contributed by atoms with Crippen LogP contribution >= 0.6 is 23.4 Å². The third kappa shape index (κ3) is 12.1. The van der Waals surface area contributed by atoms with Gasteiger partial charge in [-0.15, -0.1) is 0 Å². The first-order valence-electron chi connectivity index (χ1n) is 18.2. The molecule has 6 rings (SSSR count). The van der Waals surface area contributed by atoms with Gasteiger partial charge in [0.2, 0.25) is 0 Å². The second kappa shape index (κ2) is 18.2. The number of carboxylic acid groups (broad SMARTS) is 1. The van der Waals surface area contributed by atoms with Crippen LogP contribution in [0.5, 0.6) is 0 Å². The van der Waals surface area contributed by atoms with Crippen molar-refractivity contribution >= 4 is 52.4 Å². The van der Waals surface area contributed by atoms with Gasteiger partial charge in [0.25, 0.3) is 0 Å². The number of hydrogen-bond acceptors (Lipinski definition) is 5. The molecule has 0 amide bonds. The number of rotatable bonds is 15. The van der Waals surface area contributed by atoms with Crippen molar-refractivity contribution in [1.29, 1.82) is 0 Å². The van der Waals surface area contributed by atoms with Crippen LogP contribution in [-0.4, -0.2) is 33.0 Å². The van der Waals surface area contributed by atoms with E-state index in [1.165, 1.54) is 11.1 Å². The topological polar surface area (TPSA) is 96.4 Å². The molecule has 52 heavy (non-hydrogen) atoms. The molecule has 1 aliphatic carbocycles. The molecular weight excluding hydrogens is 684 g/mol. The summed E-state index contributed by atoms with van der Waals surface area (Å²) >= 11 is 8.04. The first-order valence-corrected chi connectivity index (χ1v) is 19.6. The number of carbonyl (C=O) groups is 1. The highest BCUT2D eigenvalue weighted by Gasteiger charge is 2.44. The molecule has 0 spiro atoms. The lowest BCUT2D eigenvalue weighted by Gasteiger charge is -2.24. The molecule has 4 N–H and O–H groups in total. The van der Waals surface area contributed by atoms with E-state index in [0.717, 1.165) is 77.6 Å². The zero-order chi connectivity index (χ0) is 37.1. The Hall–Kier alpha value is -3.94. The Morgan fingerprint density at radius 3 is 2.37 bits per heavy atom. The van der Waals surface area contributed by atoms with Crippen molar-refractivity contribution in [2.24, 2.45) is 11.1 Å². The number of nitrogens with two attached hydrogens (primary N) is 1. The van der Waals surface area contributed by atoms with E-state index in [2.05, 4.69) is 66.7 Å². The van der Waals surface area contributed by atoms with Gasteiger partial charge in [0.15, 0.2) is 0 Å². The SMILES string of the molecule is CC(C)(O)c1ccccc1CC[C@@H](SCC1(CC(=O)O)CC1)c1cccc(/C=C/c2ccc3ccc(Cl)cc3n2)c1.CC(N)CCc1ccccc1. The molecule has 1 aliphatic rings. The van der Waals surface area contributed by atoms with Crippen LogP contribution in [0.4, 0.5) is 0 Å². The predicted molar refractivity (Wildman–Crippen MR) is 220 cm³/mol. The number of thioether (sulfide) groups is 1. The van der Waals surface area contributed by atoms with Crippen molar-refractivity contribution in [1.82, 2.24) is 4.98 Å². The molecule has 2 atom stereocenters. The van der Waals surface area contributed by atoms with Crippen LogP contribution in [0.1, 0.15) is 91.6 Å². The maximum absolute atomic E-state index is 11.5. The molecule has 0 bridgehead atoms. The zero-order valence-corrected chi connectivity index (χ0v) is 32.0. The van der Waals surface area contributed by atoms with Crippen LogP contribution < -0.4 is 5.73 Å². The van der Waals surface area contributed by atoms with E-state index in [1.54, 1.807) is 0 Å². The molecule has 0 radical (unpaired) electrons. The van der Waals surface area contributed by atoms with Gasteiger partial charge in [-0.2, -0.15) is 11.8 Å². The highest BCUT2D eigenvalue weighted by atomic mass is 35.5. The third-order valence-corrected chi connectivity index (χ3v) is 11.5. The van der Waals surface area contributed by atoms with Gasteiger partial charge in [-0.1, -0.05) is 109 Å². The van der Waals surface area contributed by atoms with E-state index in [1.807, 2.05) is 87.1 Å². The number of aromatic nitrogens is 1.